The monoisotopic (exact) mass is 520 g/mol. The predicted octanol–water partition coefficient (Wildman–Crippen LogP) is 6.51. The predicted molar refractivity (Wildman–Crippen MR) is 137 cm³/mol. The Kier molecular flexibility index (Phi) is 8.35. The first-order chi connectivity index (χ1) is 16.7. The Morgan fingerprint density at radius 1 is 1.19 bits per heavy atom. The number of hydrogen-bond acceptors (Lipinski definition) is 6. The zero-order valence-electron chi connectivity index (χ0n) is 21.8. The van der Waals surface area contributed by atoms with Crippen LogP contribution in [0.2, 0.25) is 25.7 Å². The van der Waals surface area contributed by atoms with Gasteiger partial charge in [0.2, 0.25) is 0 Å². The molecule has 0 saturated carbocycles. The zero-order chi connectivity index (χ0) is 26.7. The van der Waals surface area contributed by atoms with Gasteiger partial charge in [0.05, 0.1) is 23.6 Å². The lowest BCUT2D eigenvalue weighted by Gasteiger charge is -2.21. The summed E-state index contributed by atoms with van der Waals surface area (Å²) >= 11 is 0. The molecule has 3 rings (SSSR count). The van der Waals surface area contributed by atoms with Gasteiger partial charge in [0.25, 0.3) is 0 Å². The first-order valence-corrected chi connectivity index (χ1v) is 15.5. The standard InChI is InChI=1S/C25H34F2N4O4Si/c1-16(21-19(26)8-9-20(22(21)27)30-24(32)35-25(2,3)4)34-18-12-17-13-29-31(23(17)28-14-18)15-33-10-11-36(5,6)7/h8-9,12-14,16H,10-11,15H2,1-7H3,(H,30,32). The van der Waals surface area contributed by atoms with Gasteiger partial charge >= 0.3 is 6.09 Å². The fraction of sp³-hybridized carbons (Fsp3) is 0.480. The first kappa shape index (κ1) is 27.5. The highest BCUT2D eigenvalue weighted by atomic mass is 28.3. The maximum Gasteiger partial charge on any atom is 0.412 e. The quantitative estimate of drug-likeness (QED) is 0.256. The fourth-order valence-corrected chi connectivity index (χ4v) is 4.11. The third-order valence-corrected chi connectivity index (χ3v) is 6.85. The molecule has 0 fully saturated rings. The Labute approximate surface area is 211 Å². The zero-order valence-corrected chi connectivity index (χ0v) is 22.8. The van der Waals surface area contributed by atoms with E-state index >= 15 is 4.39 Å². The summed E-state index contributed by atoms with van der Waals surface area (Å²) in [4.78, 5) is 16.4. The van der Waals surface area contributed by atoms with Gasteiger partial charge in [-0.1, -0.05) is 19.6 Å². The van der Waals surface area contributed by atoms with Gasteiger partial charge in [0, 0.05) is 20.1 Å². The molecule has 36 heavy (non-hydrogen) atoms. The number of anilines is 1. The average Bonchev–Trinajstić information content (AvgIpc) is 3.13. The largest absolute Gasteiger partial charge is 0.484 e. The third kappa shape index (κ3) is 7.47. The van der Waals surface area contributed by atoms with Gasteiger partial charge in [0.15, 0.2) is 11.5 Å². The van der Waals surface area contributed by atoms with Crippen molar-refractivity contribution in [1.82, 2.24) is 14.8 Å². The number of pyridine rings is 1. The SMILES string of the molecule is CC(Oc1cnc2c(cnn2COCC[Si](C)(C)C)c1)c1c(F)ccc(NC(=O)OC(C)(C)C)c1F. The van der Waals surface area contributed by atoms with Crippen LogP contribution in [0.25, 0.3) is 11.0 Å². The average molecular weight is 521 g/mol. The summed E-state index contributed by atoms with van der Waals surface area (Å²) < 4.78 is 48.0. The van der Waals surface area contributed by atoms with Crippen LogP contribution in [0.5, 0.6) is 5.75 Å². The molecule has 0 spiro atoms. The third-order valence-electron chi connectivity index (χ3n) is 5.14. The van der Waals surface area contributed by atoms with Gasteiger partial charge in [-0.15, -0.1) is 0 Å². The molecule has 0 saturated heterocycles. The summed E-state index contributed by atoms with van der Waals surface area (Å²) in [7, 11) is -1.18. The molecule has 2 aromatic heterocycles. The van der Waals surface area contributed by atoms with Crippen LogP contribution in [-0.4, -0.2) is 41.1 Å². The second kappa shape index (κ2) is 10.9. The maximum atomic E-state index is 15.1. The van der Waals surface area contributed by atoms with Gasteiger partial charge in [-0.2, -0.15) is 5.10 Å². The van der Waals surface area contributed by atoms with E-state index in [4.69, 9.17) is 14.2 Å². The molecule has 1 N–H and O–H groups in total. The van der Waals surface area contributed by atoms with Crippen LogP contribution in [0, 0.1) is 11.6 Å². The Morgan fingerprint density at radius 3 is 2.58 bits per heavy atom. The van der Waals surface area contributed by atoms with Crippen LogP contribution in [-0.2, 0) is 16.2 Å². The van der Waals surface area contributed by atoms with Crippen molar-refractivity contribution in [3.8, 4) is 5.75 Å². The summed E-state index contributed by atoms with van der Waals surface area (Å²) in [5, 5.41) is 7.33. The lowest BCUT2D eigenvalue weighted by molar-refractivity contribution is 0.0635. The number of carbonyl (C=O) groups is 1. The van der Waals surface area contributed by atoms with Crippen LogP contribution in [0.1, 0.15) is 39.4 Å². The van der Waals surface area contributed by atoms with E-state index in [-0.39, 0.29) is 18.0 Å². The van der Waals surface area contributed by atoms with Crippen molar-refractivity contribution in [3.05, 3.63) is 47.8 Å². The first-order valence-electron chi connectivity index (χ1n) is 11.8. The number of halogens is 2. The number of nitrogens with zero attached hydrogens (tertiary/aromatic N) is 3. The molecular weight excluding hydrogens is 486 g/mol. The van der Waals surface area contributed by atoms with E-state index in [1.807, 2.05) is 0 Å². The van der Waals surface area contributed by atoms with Crippen molar-refractivity contribution < 1.29 is 27.8 Å². The molecule has 1 amide bonds. The number of nitrogens with one attached hydrogen (secondary N) is 1. The minimum atomic E-state index is -1.18. The van der Waals surface area contributed by atoms with E-state index in [1.54, 1.807) is 37.7 Å². The topological polar surface area (TPSA) is 87.5 Å². The second-order valence-electron chi connectivity index (χ2n) is 10.8. The molecule has 11 heteroatoms. The molecule has 2 heterocycles. The van der Waals surface area contributed by atoms with Crippen LogP contribution < -0.4 is 10.1 Å². The Hall–Kier alpha value is -3.05. The summed E-state index contributed by atoms with van der Waals surface area (Å²) in [6, 6.07) is 4.96. The smallest absolute Gasteiger partial charge is 0.412 e. The number of carbonyl (C=O) groups excluding carboxylic acids is 1. The lowest BCUT2D eigenvalue weighted by atomic mass is 10.1. The van der Waals surface area contributed by atoms with Gasteiger partial charge in [0.1, 0.15) is 30.0 Å². The highest BCUT2D eigenvalue weighted by molar-refractivity contribution is 6.76. The molecule has 1 aromatic carbocycles. The number of amides is 1. The van der Waals surface area contributed by atoms with Crippen molar-refractivity contribution in [2.24, 2.45) is 0 Å². The number of ether oxygens (including phenoxy) is 3. The van der Waals surface area contributed by atoms with E-state index in [1.165, 1.54) is 13.1 Å². The minimum Gasteiger partial charge on any atom is -0.484 e. The second-order valence-corrected chi connectivity index (χ2v) is 16.4. The van der Waals surface area contributed by atoms with Crippen molar-refractivity contribution in [1.29, 1.82) is 0 Å². The number of hydrogen-bond donors (Lipinski definition) is 1. The Morgan fingerprint density at radius 2 is 1.92 bits per heavy atom. The molecule has 0 radical (unpaired) electrons. The number of benzene rings is 1. The molecule has 196 valence electrons. The minimum absolute atomic E-state index is 0.208. The van der Waals surface area contributed by atoms with E-state index < -0.39 is 37.5 Å². The number of fused-ring (bicyclic) bond motifs is 1. The molecule has 1 unspecified atom stereocenters. The van der Waals surface area contributed by atoms with Gasteiger partial charge in [-0.3, -0.25) is 5.32 Å². The highest BCUT2D eigenvalue weighted by Gasteiger charge is 2.24. The van der Waals surface area contributed by atoms with E-state index in [0.717, 1.165) is 18.2 Å². The summed E-state index contributed by atoms with van der Waals surface area (Å²) in [5.74, 6) is -1.42. The van der Waals surface area contributed by atoms with Gasteiger partial charge in [-0.05, 0) is 51.9 Å². The molecule has 3 aromatic rings. The van der Waals surface area contributed by atoms with Crippen molar-refractivity contribution in [3.63, 3.8) is 0 Å². The normalized spacial score (nSPS) is 13.0. The molecule has 0 aliphatic carbocycles. The van der Waals surface area contributed by atoms with Crippen LogP contribution in [0.4, 0.5) is 19.3 Å². The summed E-state index contributed by atoms with van der Waals surface area (Å²) in [5.41, 5.74) is -0.682. The fourth-order valence-electron chi connectivity index (χ4n) is 3.36. The van der Waals surface area contributed by atoms with Crippen molar-refractivity contribution >= 4 is 30.9 Å². The van der Waals surface area contributed by atoms with Crippen molar-refractivity contribution in [2.45, 2.75) is 71.8 Å². The van der Waals surface area contributed by atoms with Crippen LogP contribution >= 0.6 is 0 Å². The summed E-state index contributed by atoms with van der Waals surface area (Å²) in [6.07, 6.45) is 1.25. The van der Waals surface area contributed by atoms with Crippen molar-refractivity contribution in [2.75, 3.05) is 11.9 Å². The van der Waals surface area contributed by atoms with Crippen LogP contribution in [0.15, 0.2) is 30.6 Å². The van der Waals surface area contributed by atoms with Gasteiger partial charge < -0.3 is 14.2 Å². The van der Waals surface area contributed by atoms with E-state index in [9.17, 15) is 9.18 Å². The lowest BCUT2D eigenvalue weighted by Crippen LogP contribution is -2.27. The molecule has 0 bridgehead atoms. The van der Waals surface area contributed by atoms with Gasteiger partial charge in [-0.25, -0.2) is 23.2 Å². The number of rotatable bonds is 9. The molecule has 1 atom stereocenters. The summed E-state index contributed by atoms with van der Waals surface area (Å²) in [6.45, 7) is 14.4. The molecule has 0 aliphatic rings. The van der Waals surface area contributed by atoms with Crippen LogP contribution in [0.3, 0.4) is 0 Å². The van der Waals surface area contributed by atoms with E-state index in [2.05, 4.69) is 35.0 Å². The maximum absolute atomic E-state index is 15.1. The molecular formula is C25H34F2N4O4Si. The number of aromatic nitrogens is 3. The Bertz CT molecular complexity index is 1220. The Balaban J connectivity index is 1.71. The molecule has 0 aliphatic heterocycles. The molecule has 8 nitrogen and oxygen atoms in total. The van der Waals surface area contributed by atoms with E-state index in [0.29, 0.717) is 23.4 Å². The highest BCUT2D eigenvalue weighted by Crippen LogP contribution is 2.31.